The predicted molar refractivity (Wildman–Crippen MR) is 84.4 cm³/mol. The van der Waals surface area contributed by atoms with Crippen molar-refractivity contribution in [2.75, 3.05) is 6.54 Å². The largest absolute Gasteiger partial charge is 0.340 e. The van der Waals surface area contributed by atoms with Gasteiger partial charge in [-0.15, -0.1) is 0 Å². The Morgan fingerprint density at radius 3 is 2.40 bits per heavy atom. The maximum atomic E-state index is 12.4. The number of nitrogens with zero attached hydrogens (tertiary/aromatic N) is 1. The van der Waals surface area contributed by atoms with E-state index in [1.807, 2.05) is 35.2 Å². The summed E-state index contributed by atoms with van der Waals surface area (Å²) in [5.41, 5.74) is 7.17. The van der Waals surface area contributed by atoms with Crippen molar-refractivity contribution in [3.63, 3.8) is 0 Å². The van der Waals surface area contributed by atoms with E-state index in [4.69, 9.17) is 5.73 Å². The highest BCUT2D eigenvalue weighted by Crippen LogP contribution is 2.16. The van der Waals surface area contributed by atoms with Crippen LogP contribution in [0.1, 0.15) is 58.1 Å². The zero-order valence-corrected chi connectivity index (χ0v) is 13.0. The topological polar surface area (TPSA) is 46.3 Å². The lowest BCUT2D eigenvalue weighted by atomic mass is 10.0. The van der Waals surface area contributed by atoms with Crippen LogP contribution in [-0.2, 0) is 4.79 Å². The van der Waals surface area contributed by atoms with Crippen molar-refractivity contribution < 1.29 is 4.79 Å². The first-order valence-corrected chi connectivity index (χ1v) is 7.66. The Kier molecular flexibility index (Phi) is 7.31. The molecule has 0 saturated carbocycles. The summed E-state index contributed by atoms with van der Waals surface area (Å²) in [7, 11) is 0. The fourth-order valence-corrected chi connectivity index (χ4v) is 2.33. The lowest BCUT2D eigenvalue weighted by molar-refractivity contribution is -0.133. The van der Waals surface area contributed by atoms with Gasteiger partial charge in [-0.05, 0) is 25.8 Å². The van der Waals surface area contributed by atoms with Crippen LogP contribution >= 0.6 is 0 Å². The second-order valence-corrected chi connectivity index (χ2v) is 5.61. The minimum atomic E-state index is -0.212. The molecule has 0 saturated heterocycles. The number of carbonyl (C=O) groups excluding carboxylic acids is 1. The fraction of sp³-hybridized carbons (Fsp3) is 0.588. The molecule has 1 rings (SSSR count). The summed E-state index contributed by atoms with van der Waals surface area (Å²) in [6, 6.07) is 9.87. The molecule has 0 aromatic heterocycles. The predicted octanol–water partition coefficient (Wildman–Crippen LogP) is 3.50. The first-order valence-electron chi connectivity index (χ1n) is 7.66. The van der Waals surface area contributed by atoms with Crippen LogP contribution in [0.25, 0.3) is 0 Å². The summed E-state index contributed by atoms with van der Waals surface area (Å²) in [6.45, 7) is 7.15. The SMILES string of the molecule is CCCCCN(C(=O)CC(N)c1ccccc1)C(C)C. The van der Waals surface area contributed by atoms with Crippen LogP contribution in [0.5, 0.6) is 0 Å². The van der Waals surface area contributed by atoms with Gasteiger partial charge in [0.15, 0.2) is 0 Å². The van der Waals surface area contributed by atoms with Crippen molar-refractivity contribution in [2.45, 2.75) is 58.5 Å². The molecule has 1 aromatic carbocycles. The van der Waals surface area contributed by atoms with Gasteiger partial charge < -0.3 is 10.6 Å². The number of rotatable bonds is 8. The molecular weight excluding hydrogens is 248 g/mol. The molecule has 0 fully saturated rings. The van der Waals surface area contributed by atoms with E-state index < -0.39 is 0 Å². The summed E-state index contributed by atoms with van der Waals surface area (Å²) < 4.78 is 0. The molecule has 2 N–H and O–H groups in total. The first kappa shape index (κ1) is 16.7. The van der Waals surface area contributed by atoms with E-state index in [9.17, 15) is 4.79 Å². The summed E-state index contributed by atoms with van der Waals surface area (Å²) >= 11 is 0. The number of hydrogen-bond acceptors (Lipinski definition) is 2. The van der Waals surface area contributed by atoms with Gasteiger partial charge in [0.1, 0.15) is 0 Å². The van der Waals surface area contributed by atoms with Gasteiger partial charge in [0, 0.05) is 25.0 Å². The molecule has 0 aliphatic rings. The normalized spacial score (nSPS) is 12.4. The zero-order valence-electron chi connectivity index (χ0n) is 13.0. The van der Waals surface area contributed by atoms with Crippen molar-refractivity contribution in [2.24, 2.45) is 5.73 Å². The molecule has 112 valence electrons. The lowest BCUT2D eigenvalue weighted by Crippen LogP contribution is -2.39. The maximum absolute atomic E-state index is 12.4. The molecule has 0 aliphatic carbocycles. The summed E-state index contributed by atoms with van der Waals surface area (Å²) in [5.74, 6) is 0.160. The van der Waals surface area contributed by atoms with Gasteiger partial charge in [0.25, 0.3) is 0 Å². The van der Waals surface area contributed by atoms with E-state index in [1.165, 1.54) is 12.8 Å². The van der Waals surface area contributed by atoms with Crippen LogP contribution in [-0.4, -0.2) is 23.4 Å². The molecule has 1 aromatic rings. The standard InChI is InChI=1S/C17H28N2O/c1-4-5-9-12-19(14(2)3)17(20)13-16(18)15-10-7-6-8-11-15/h6-8,10-11,14,16H,4-5,9,12-13,18H2,1-3H3. The maximum Gasteiger partial charge on any atom is 0.224 e. The van der Waals surface area contributed by atoms with Crippen molar-refractivity contribution in [1.29, 1.82) is 0 Å². The molecule has 20 heavy (non-hydrogen) atoms. The summed E-state index contributed by atoms with van der Waals surface area (Å²) in [5, 5.41) is 0. The van der Waals surface area contributed by atoms with E-state index >= 15 is 0 Å². The van der Waals surface area contributed by atoms with E-state index in [1.54, 1.807) is 0 Å². The molecule has 0 heterocycles. The Morgan fingerprint density at radius 2 is 1.85 bits per heavy atom. The van der Waals surface area contributed by atoms with Crippen molar-refractivity contribution >= 4 is 5.91 Å². The highest BCUT2D eigenvalue weighted by Gasteiger charge is 2.19. The lowest BCUT2D eigenvalue weighted by Gasteiger charge is -2.28. The second kappa shape index (κ2) is 8.75. The molecule has 0 spiro atoms. The Hall–Kier alpha value is -1.35. The highest BCUT2D eigenvalue weighted by molar-refractivity contribution is 5.77. The van der Waals surface area contributed by atoms with E-state index in [0.29, 0.717) is 6.42 Å². The number of unbranched alkanes of at least 4 members (excludes halogenated alkanes) is 2. The van der Waals surface area contributed by atoms with Crippen LogP contribution in [0, 0.1) is 0 Å². The van der Waals surface area contributed by atoms with Crippen LogP contribution < -0.4 is 5.73 Å². The third kappa shape index (κ3) is 5.33. The van der Waals surface area contributed by atoms with Crippen molar-refractivity contribution in [3.05, 3.63) is 35.9 Å². The smallest absolute Gasteiger partial charge is 0.224 e. The van der Waals surface area contributed by atoms with E-state index in [0.717, 1.165) is 18.5 Å². The zero-order chi connectivity index (χ0) is 15.0. The van der Waals surface area contributed by atoms with Gasteiger partial charge in [0.2, 0.25) is 5.91 Å². The third-order valence-corrected chi connectivity index (χ3v) is 3.57. The molecule has 1 unspecified atom stereocenters. The molecule has 3 nitrogen and oxygen atoms in total. The molecule has 1 atom stereocenters. The summed E-state index contributed by atoms with van der Waals surface area (Å²) in [6.07, 6.45) is 3.79. The van der Waals surface area contributed by atoms with Gasteiger partial charge in [-0.1, -0.05) is 50.1 Å². The molecule has 1 amide bonds. The number of carbonyl (C=O) groups is 1. The second-order valence-electron chi connectivity index (χ2n) is 5.61. The minimum absolute atomic E-state index is 0.160. The average molecular weight is 276 g/mol. The number of nitrogens with two attached hydrogens (primary N) is 1. The van der Waals surface area contributed by atoms with Gasteiger partial charge in [-0.25, -0.2) is 0 Å². The Labute approximate surface area is 123 Å². The first-order chi connectivity index (χ1) is 9.56. The van der Waals surface area contributed by atoms with Gasteiger partial charge in [-0.2, -0.15) is 0 Å². The third-order valence-electron chi connectivity index (χ3n) is 3.57. The Morgan fingerprint density at radius 1 is 1.20 bits per heavy atom. The van der Waals surface area contributed by atoms with Crippen molar-refractivity contribution in [1.82, 2.24) is 4.90 Å². The van der Waals surface area contributed by atoms with E-state index in [-0.39, 0.29) is 18.0 Å². The van der Waals surface area contributed by atoms with Gasteiger partial charge in [-0.3, -0.25) is 4.79 Å². The van der Waals surface area contributed by atoms with Crippen LogP contribution in [0.4, 0.5) is 0 Å². The summed E-state index contributed by atoms with van der Waals surface area (Å²) in [4.78, 5) is 14.4. The molecule has 3 heteroatoms. The van der Waals surface area contributed by atoms with E-state index in [2.05, 4.69) is 20.8 Å². The van der Waals surface area contributed by atoms with Gasteiger partial charge in [0.05, 0.1) is 0 Å². The average Bonchev–Trinajstić information content (AvgIpc) is 2.44. The number of benzene rings is 1. The van der Waals surface area contributed by atoms with Gasteiger partial charge >= 0.3 is 0 Å². The Bertz CT molecular complexity index is 389. The number of amides is 1. The quantitative estimate of drug-likeness (QED) is 0.739. The monoisotopic (exact) mass is 276 g/mol. The molecule has 0 radical (unpaired) electrons. The minimum Gasteiger partial charge on any atom is -0.340 e. The fourth-order valence-electron chi connectivity index (χ4n) is 2.33. The molecule has 0 bridgehead atoms. The molecular formula is C17H28N2O. The van der Waals surface area contributed by atoms with Crippen LogP contribution in [0.2, 0.25) is 0 Å². The molecule has 0 aliphatic heterocycles. The van der Waals surface area contributed by atoms with Crippen LogP contribution in [0.3, 0.4) is 0 Å². The Balaban J connectivity index is 2.57. The highest BCUT2D eigenvalue weighted by atomic mass is 16.2. The van der Waals surface area contributed by atoms with Crippen LogP contribution in [0.15, 0.2) is 30.3 Å². The van der Waals surface area contributed by atoms with Crippen molar-refractivity contribution in [3.8, 4) is 0 Å². The number of hydrogen-bond donors (Lipinski definition) is 1.